The van der Waals surface area contributed by atoms with Crippen molar-refractivity contribution in [2.45, 2.75) is 32.6 Å². The van der Waals surface area contributed by atoms with E-state index in [1.54, 1.807) is 0 Å². The monoisotopic (exact) mass is 383 g/mol. The zero-order valence-corrected chi connectivity index (χ0v) is 15.6. The molecule has 0 aromatic heterocycles. The van der Waals surface area contributed by atoms with E-state index in [0.29, 0.717) is 6.54 Å². The minimum atomic E-state index is -0.138. The van der Waals surface area contributed by atoms with Gasteiger partial charge in [-0.15, -0.1) is 0 Å². The van der Waals surface area contributed by atoms with Crippen molar-refractivity contribution in [3.63, 3.8) is 0 Å². The van der Waals surface area contributed by atoms with Crippen LogP contribution in [0.4, 0.5) is 0 Å². The molecule has 2 rings (SSSR count). The Balaban J connectivity index is 1.62. The van der Waals surface area contributed by atoms with Crippen molar-refractivity contribution in [1.29, 1.82) is 0 Å². The third-order valence-electron chi connectivity index (χ3n) is 4.52. The summed E-state index contributed by atoms with van der Waals surface area (Å²) < 4.78 is 11.7. The van der Waals surface area contributed by atoms with Gasteiger partial charge in [-0.25, -0.2) is 0 Å². The number of carbonyl (C=O) groups is 1. The van der Waals surface area contributed by atoms with Gasteiger partial charge in [0, 0.05) is 10.0 Å². The standard InChI is InChI=1S/C18H26BrNO3/c1-14-16(19)6-3-7-17(14)23-12-4-5-15-8-10-20(11-9-15)13-18(21)22-2/h3,6-7,15H,4-5,8-13H2,1-2H3. The predicted molar refractivity (Wildman–Crippen MR) is 94.8 cm³/mol. The first kappa shape index (κ1) is 18.3. The Labute approximate surface area is 147 Å². The fraction of sp³-hybridized carbons (Fsp3) is 0.611. The van der Waals surface area contributed by atoms with Crippen LogP contribution in [-0.4, -0.2) is 44.2 Å². The molecule has 1 saturated heterocycles. The Hall–Kier alpha value is -1.07. The van der Waals surface area contributed by atoms with E-state index in [4.69, 9.17) is 9.47 Å². The average Bonchev–Trinajstić information content (AvgIpc) is 2.56. The smallest absolute Gasteiger partial charge is 0.319 e. The van der Waals surface area contributed by atoms with Gasteiger partial charge in [-0.05, 0) is 63.7 Å². The highest BCUT2D eigenvalue weighted by Gasteiger charge is 2.20. The minimum absolute atomic E-state index is 0.138. The summed E-state index contributed by atoms with van der Waals surface area (Å²) in [7, 11) is 1.45. The molecule has 4 nitrogen and oxygen atoms in total. The molecule has 1 aromatic rings. The van der Waals surface area contributed by atoms with Crippen molar-refractivity contribution >= 4 is 21.9 Å². The van der Waals surface area contributed by atoms with E-state index in [9.17, 15) is 4.79 Å². The summed E-state index contributed by atoms with van der Waals surface area (Å²) >= 11 is 3.53. The van der Waals surface area contributed by atoms with Crippen molar-refractivity contribution in [3.8, 4) is 5.75 Å². The topological polar surface area (TPSA) is 38.8 Å². The molecule has 0 N–H and O–H groups in total. The number of rotatable bonds is 7. The lowest BCUT2D eigenvalue weighted by atomic mass is 9.92. The van der Waals surface area contributed by atoms with Crippen LogP contribution in [0.1, 0.15) is 31.2 Å². The van der Waals surface area contributed by atoms with Gasteiger partial charge >= 0.3 is 5.97 Å². The molecule has 128 valence electrons. The number of halogens is 1. The fourth-order valence-electron chi connectivity index (χ4n) is 2.98. The third-order valence-corrected chi connectivity index (χ3v) is 5.38. The molecule has 1 aliphatic rings. The van der Waals surface area contributed by atoms with Crippen molar-refractivity contribution in [3.05, 3.63) is 28.2 Å². The van der Waals surface area contributed by atoms with Gasteiger partial charge in [-0.1, -0.05) is 22.0 Å². The third kappa shape index (κ3) is 5.81. The number of esters is 1. The largest absolute Gasteiger partial charge is 0.493 e. The molecule has 0 unspecified atom stereocenters. The average molecular weight is 384 g/mol. The molecule has 0 bridgehead atoms. The summed E-state index contributed by atoms with van der Waals surface area (Å²) in [4.78, 5) is 13.5. The van der Waals surface area contributed by atoms with Gasteiger partial charge in [-0.2, -0.15) is 0 Å². The van der Waals surface area contributed by atoms with E-state index in [1.807, 2.05) is 18.2 Å². The summed E-state index contributed by atoms with van der Waals surface area (Å²) in [6, 6.07) is 6.05. The molecule has 0 atom stereocenters. The molecule has 0 aliphatic carbocycles. The van der Waals surface area contributed by atoms with Gasteiger partial charge in [0.1, 0.15) is 5.75 Å². The van der Waals surface area contributed by atoms with Crippen LogP contribution in [0.3, 0.4) is 0 Å². The second-order valence-corrected chi connectivity index (χ2v) is 7.00. The van der Waals surface area contributed by atoms with Gasteiger partial charge in [0.05, 0.1) is 20.3 Å². The quantitative estimate of drug-likeness (QED) is 0.530. The Morgan fingerprint density at radius 1 is 1.35 bits per heavy atom. The predicted octanol–water partition coefficient (Wildman–Crippen LogP) is 3.80. The molecular formula is C18H26BrNO3. The molecule has 1 heterocycles. The first-order chi connectivity index (χ1) is 11.1. The van der Waals surface area contributed by atoms with Crippen LogP contribution in [0.2, 0.25) is 0 Å². The highest BCUT2D eigenvalue weighted by atomic mass is 79.9. The van der Waals surface area contributed by atoms with E-state index in [-0.39, 0.29) is 5.97 Å². The van der Waals surface area contributed by atoms with Crippen molar-refractivity contribution in [2.24, 2.45) is 5.92 Å². The van der Waals surface area contributed by atoms with Crippen LogP contribution in [0.25, 0.3) is 0 Å². The Kier molecular flexibility index (Phi) is 7.37. The van der Waals surface area contributed by atoms with Gasteiger partial charge in [-0.3, -0.25) is 9.69 Å². The van der Waals surface area contributed by atoms with Crippen molar-refractivity contribution < 1.29 is 14.3 Å². The molecule has 0 radical (unpaired) electrons. The maximum atomic E-state index is 11.3. The molecule has 5 heteroatoms. The molecule has 1 aromatic carbocycles. The van der Waals surface area contributed by atoms with Crippen LogP contribution < -0.4 is 4.74 Å². The summed E-state index contributed by atoms with van der Waals surface area (Å²) in [5.41, 5.74) is 1.16. The summed E-state index contributed by atoms with van der Waals surface area (Å²) in [6.45, 7) is 5.24. The Morgan fingerprint density at radius 2 is 2.09 bits per heavy atom. The lowest BCUT2D eigenvalue weighted by Gasteiger charge is -2.31. The number of hydrogen-bond donors (Lipinski definition) is 0. The van der Waals surface area contributed by atoms with Crippen LogP contribution in [-0.2, 0) is 9.53 Å². The normalized spacial score (nSPS) is 16.3. The summed E-state index contributed by atoms with van der Waals surface area (Å²) in [5.74, 6) is 1.57. The number of ether oxygens (including phenoxy) is 2. The summed E-state index contributed by atoms with van der Waals surface area (Å²) in [6.07, 6.45) is 4.59. The van der Waals surface area contributed by atoms with Gasteiger partial charge in [0.25, 0.3) is 0 Å². The molecule has 0 saturated carbocycles. The molecule has 0 spiro atoms. The number of nitrogens with zero attached hydrogens (tertiary/aromatic N) is 1. The van der Waals surface area contributed by atoms with Crippen molar-refractivity contribution in [1.82, 2.24) is 4.90 Å². The first-order valence-corrected chi connectivity index (χ1v) is 9.06. The van der Waals surface area contributed by atoms with Gasteiger partial charge < -0.3 is 9.47 Å². The second-order valence-electron chi connectivity index (χ2n) is 6.15. The number of methoxy groups -OCH3 is 1. The van der Waals surface area contributed by atoms with E-state index >= 15 is 0 Å². The summed E-state index contributed by atoms with van der Waals surface area (Å²) in [5, 5.41) is 0. The number of hydrogen-bond acceptors (Lipinski definition) is 4. The van der Waals surface area contributed by atoms with Crippen LogP contribution in [0, 0.1) is 12.8 Å². The molecular weight excluding hydrogens is 358 g/mol. The number of carbonyl (C=O) groups excluding carboxylic acids is 1. The highest BCUT2D eigenvalue weighted by molar-refractivity contribution is 9.10. The SMILES string of the molecule is COC(=O)CN1CCC(CCCOc2cccc(Br)c2C)CC1. The van der Waals surface area contributed by atoms with Crippen LogP contribution >= 0.6 is 15.9 Å². The second kappa shape index (κ2) is 9.28. The van der Waals surface area contributed by atoms with Crippen molar-refractivity contribution in [2.75, 3.05) is 33.4 Å². The number of benzene rings is 1. The van der Waals surface area contributed by atoms with E-state index in [2.05, 4.69) is 27.8 Å². The van der Waals surface area contributed by atoms with E-state index in [0.717, 1.165) is 60.7 Å². The maximum Gasteiger partial charge on any atom is 0.319 e. The highest BCUT2D eigenvalue weighted by Crippen LogP contribution is 2.26. The molecule has 1 aliphatic heterocycles. The lowest BCUT2D eigenvalue weighted by Crippen LogP contribution is -2.37. The van der Waals surface area contributed by atoms with Crippen LogP contribution in [0.5, 0.6) is 5.75 Å². The number of likely N-dealkylation sites (tertiary alicyclic amines) is 1. The zero-order chi connectivity index (χ0) is 16.7. The van der Waals surface area contributed by atoms with Gasteiger partial charge in [0.2, 0.25) is 0 Å². The van der Waals surface area contributed by atoms with Crippen LogP contribution in [0.15, 0.2) is 22.7 Å². The Bertz CT molecular complexity index is 513. The molecule has 23 heavy (non-hydrogen) atoms. The Morgan fingerprint density at radius 3 is 2.78 bits per heavy atom. The van der Waals surface area contributed by atoms with Gasteiger partial charge in [0.15, 0.2) is 0 Å². The lowest BCUT2D eigenvalue weighted by molar-refractivity contribution is -0.142. The fourth-order valence-corrected chi connectivity index (χ4v) is 3.33. The number of piperidine rings is 1. The molecule has 1 fully saturated rings. The van der Waals surface area contributed by atoms with E-state index < -0.39 is 0 Å². The zero-order valence-electron chi connectivity index (χ0n) is 14.0. The van der Waals surface area contributed by atoms with E-state index in [1.165, 1.54) is 13.5 Å². The minimum Gasteiger partial charge on any atom is -0.493 e. The molecule has 0 amide bonds. The first-order valence-electron chi connectivity index (χ1n) is 8.27. The maximum absolute atomic E-state index is 11.3.